The van der Waals surface area contributed by atoms with Crippen LogP contribution in [-0.2, 0) is 16.6 Å². The van der Waals surface area contributed by atoms with Gasteiger partial charge in [-0.15, -0.1) is 0 Å². The molecule has 1 saturated carbocycles. The lowest BCUT2D eigenvalue weighted by molar-refractivity contribution is 0.180. The van der Waals surface area contributed by atoms with Gasteiger partial charge in [0.05, 0.1) is 6.20 Å². The highest BCUT2D eigenvalue weighted by molar-refractivity contribution is 7.89. The molecule has 1 aromatic rings. The van der Waals surface area contributed by atoms with Crippen LogP contribution in [0.2, 0.25) is 0 Å². The van der Waals surface area contributed by atoms with Crippen LogP contribution in [0.4, 0.5) is 0 Å². The van der Waals surface area contributed by atoms with Crippen molar-refractivity contribution in [2.75, 3.05) is 33.2 Å². The van der Waals surface area contributed by atoms with Crippen LogP contribution < -0.4 is 5.32 Å². The maximum Gasteiger partial charge on any atom is 0.260 e. The van der Waals surface area contributed by atoms with E-state index in [9.17, 15) is 8.42 Å². The Labute approximate surface area is 119 Å². The number of aromatic nitrogens is 2. The number of sulfonamides is 1. The molecule has 1 aliphatic carbocycles. The van der Waals surface area contributed by atoms with E-state index in [0.29, 0.717) is 31.2 Å². The lowest BCUT2D eigenvalue weighted by Gasteiger charge is -2.33. The molecule has 0 aromatic carbocycles. The fourth-order valence-corrected chi connectivity index (χ4v) is 4.24. The van der Waals surface area contributed by atoms with Gasteiger partial charge in [0.1, 0.15) is 0 Å². The van der Waals surface area contributed by atoms with Gasteiger partial charge in [0.25, 0.3) is 10.0 Å². The van der Waals surface area contributed by atoms with Gasteiger partial charge >= 0.3 is 0 Å². The smallest absolute Gasteiger partial charge is 0.260 e. The first-order valence-electron chi connectivity index (χ1n) is 7.04. The lowest BCUT2D eigenvalue weighted by Crippen LogP contribution is -2.49. The number of H-pyrrole nitrogens is 1. The van der Waals surface area contributed by atoms with Crippen molar-refractivity contribution in [1.82, 2.24) is 24.7 Å². The summed E-state index contributed by atoms with van der Waals surface area (Å²) in [5.74, 6) is 0. The summed E-state index contributed by atoms with van der Waals surface area (Å²) in [6, 6.07) is 0.701. The van der Waals surface area contributed by atoms with Gasteiger partial charge < -0.3 is 5.32 Å². The molecule has 20 heavy (non-hydrogen) atoms. The van der Waals surface area contributed by atoms with Gasteiger partial charge in [-0.05, 0) is 19.9 Å². The van der Waals surface area contributed by atoms with Gasteiger partial charge in [-0.3, -0.25) is 10.00 Å². The molecule has 2 aliphatic rings. The fraction of sp³-hybridized carbons (Fsp3) is 0.750. The van der Waals surface area contributed by atoms with Gasteiger partial charge in [0.15, 0.2) is 5.03 Å². The van der Waals surface area contributed by atoms with Crippen molar-refractivity contribution in [1.29, 1.82) is 0 Å². The van der Waals surface area contributed by atoms with E-state index in [1.54, 1.807) is 17.5 Å². The van der Waals surface area contributed by atoms with Gasteiger partial charge in [-0.1, -0.05) is 0 Å². The largest absolute Gasteiger partial charge is 0.316 e. The van der Waals surface area contributed by atoms with Crippen LogP contribution in [0.3, 0.4) is 0 Å². The summed E-state index contributed by atoms with van der Waals surface area (Å²) >= 11 is 0. The van der Waals surface area contributed by atoms with Crippen molar-refractivity contribution in [2.24, 2.45) is 0 Å². The van der Waals surface area contributed by atoms with Gasteiger partial charge in [0.2, 0.25) is 0 Å². The highest BCUT2D eigenvalue weighted by Gasteiger charge is 2.36. The van der Waals surface area contributed by atoms with Gasteiger partial charge in [0, 0.05) is 44.3 Å². The average molecular weight is 299 g/mol. The molecule has 2 fully saturated rings. The Morgan fingerprint density at radius 1 is 1.35 bits per heavy atom. The molecule has 7 nitrogen and oxygen atoms in total. The number of hydrogen-bond acceptors (Lipinski definition) is 5. The first kappa shape index (κ1) is 14.0. The second kappa shape index (κ2) is 5.44. The Hall–Kier alpha value is -0.960. The fourth-order valence-electron chi connectivity index (χ4n) is 2.72. The van der Waals surface area contributed by atoms with Crippen molar-refractivity contribution in [3.05, 3.63) is 11.8 Å². The molecule has 0 unspecified atom stereocenters. The van der Waals surface area contributed by atoms with Crippen molar-refractivity contribution in [2.45, 2.75) is 30.5 Å². The molecule has 0 amide bonds. The van der Waals surface area contributed by atoms with E-state index in [1.165, 1.54) is 12.8 Å². The van der Waals surface area contributed by atoms with Crippen molar-refractivity contribution >= 4 is 10.0 Å². The van der Waals surface area contributed by atoms with E-state index >= 15 is 0 Å². The third kappa shape index (κ3) is 2.60. The summed E-state index contributed by atoms with van der Waals surface area (Å²) in [7, 11) is -1.66. The maximum absolute atomic E-state index is 12.6. The summed E-state index contributed by atoms with van der Waals surface area (Å²) in [4.78, 5) is 2.40. The highest BCUT2D eigenvalue weighted by Crippen LogP contribution is 2.28. The number of nitrogens with one attached hydrogen (secondary N) is 2. The molecule has 0 atom stereocenters. The Kier molecular flexibility index (Phi) is 3.80. The molecule has 3 rings (SSSR count). The van der Waals surface area contributed by atoms with Gasteiger partial charge in [-0.25, -0.2) is 8.42 Å². The Morgan fingerprint density at radius 2 is 2.05 bits per heavy atom. The maximum atomic E-state index is 12.6. The number of piperazine rings is 1. The van der Waals surface area contributed by atoms with E-state index in [2.05, 4.69) is 20.4 Å². The topological polar surface area (TPSA) is 81.3 Å². The molecule has 0 spiro atoms. The van der Waals surface area contributed by atoms with Crippen LogP contribution in [-0.4, -0.2) is 67.1 Å². The van der Waals surface area contributed by atoms with Crippen LogP contribution >= 0.6 is 0 Å². The summed E-state index contributed by atoms with van der Waals surface area (Å²) in [6.07, 6.45) is 4.10. The van der Waals surface area contributed by atoms with E-state index in [0.717, 1.165) is 13.1 Å². The molecule has 0 bridgehead atoms. The molecule has 2 N–H and O–H groups in total. The van der Waals surface area contributed by atoms with E-state index in [-0.39, 0.29) is 5.03 Å². The summed E-state index contributed by atoms with van der Waals surface area (Å²) in [6.45, 7) is 3.29. The van der Waals surface area contributed by atoms with Crippen LogP contribution in [0.15, 0.2) is 11.2 Å². The zero-order valence-corrected chi connectivity index (χ0v) is 12.5. The quantitative estimate of drug-likeness (QED) is 0.773. The Morgan fingerprint density at radius 3 is 2.65 bits per heavy atom. The number of aromatic amines is 1. The molecule has 1 saturated heterocycles. The first-order valence-corrected chi connectivity index (χ1v) is 8.48. The minimum absolute atomic E-state index is 0.228. The number of nitrogens with zero attached hydrogens (tertiary/aromatic N) is 3. The lowest BCUT2D eigenvalue weighted by atomic mass is 10.3. The van der Waals surface area contributed by atoms with Crippen molar-refractivity contribution in [3.8, 4) is 0 Å². The zero-order valence-electron chi connectivity index (χ0n) is 11.7. The second-order valence-corrected chi connectivity index (χ2v) is 7.30. The third-order valence-corrected chi connectivity index (χ3v) is 5.89. The van der Waals surface area contributed by atoms with Crippen LogP contribution in [0, 0.1) is 0 Å². The Balaban J connectivity index is 1.73. The van der Waals surface area contributed by atoms with Crippen LogP contribution in [0.25, 0.3) is 0 Å². The summed E-state index contributed by atoms with van der Waals surface area (Å²) in [5, 5.41) is 9.71. The van der Waals surface area contributed by atoms with Crippen molar-refractivity contribution in [3.63, 3.8) is 0 Å². The minimum atomic E-state index is -3.45. The second-order valence-electron chi connectivity index (χ2n) is 5.43. The van der Waals surface area contributed by atoms with Gasteiger partial charge in [-0.2, -0.15) is 9.40 Å². The summed E-state index contributed by atoms with van der Waals surface area (Å²) in [5.41, 5.74) is 0.692. The standard InChI is InChI=1S/C12H21N5O2S/c1-13-8-10-9-14-15-12(10)20(18,19)17-6-4-16(5-7-17)11-2-3-11/h9,11,13H,2-8H2,1H3,(H,14,15). The first-order chi connectivity index (χ1) is 9.63. The number of rotatable bonds is 5. The summed E-state index contributed by atoms with van der Waals surface area (Å²) < 4.78 is 26.9. The van der Waals surface area contributed by atoms with E-state index in [1.807, 2.05) is 0 Å². The average Bonchev–Trinajstić information content (AvgIpc) is 3.19. The van der Waals surface area contributed by atoms with Crippen molar-refractivity contribution < 1.29 is 8.42 Å². The highest BCUT2D eigenvalue weighted by atomic mass is 32.2. The van der Waals surface area contributed by atoms with E-state index in [4.69, 9.17) is 0 Å². The predicted octanol–water partition coefficient (Wildman–Crippen LogP) is -0.402. The van der Waals surface area contributed by atoms with Crippen LogP contribution in [0.1, 0.15) is 18.4 Å². The molecule has 8 heteroatoms. The SMILES string of the molecule is CNCc1cn[nH]c1S(=O)(=O)N1CCN(C2CC2)CC1. The molecule has 2 heterocycles. The molecule has 1 aromatic heterocycles. The predicted molar refractivity (Wildman–Crippen MR) is 74.7 cm³/mol. The Bertz CT molecular complexity index is 558. The molecule has 112 valence electrons. The normalized spacial score (nSPS) is 22.2. The molecule has 0 radical (unpaired) electrons. The monoisotopic (exact) mass is 299 g/mol. The molecular formula is C12H21N5O2S. The number of hydrogen-bond donors (Lipinski definition) is 2. The zero-order chi connectivity index (χ0) is 14.2. The molecule has 1 aliphatic heterocycles. The molecular weight excluding hydrogens is 278 g/mol. The minimum Gasteiger partial charge on any atom is -0.316 e. The van der Waals surface area contributed by atoms with E-state index < -0.39 is 10.0 Å². The third-order valence-electron chi connectivity index (χ3n) is 3.98. The van der Waals surface area contributed by atoms with Crippen LogP contribution in [0.5, 0.6) is 0 Å².